The van der Waals surface area contributed by atoms with Crippen LogP contribution in [0, 0.1) is 17.8 Å². The number of hydrogen-bond acceptors (Lipinski definition) is 2. The van der Waals surface area contributed by atoms with Crippen molar-refractivity contribution in [2.45, 2.75) is 33.6 Å². The minimum absolute atomic E-state index is 0.319. The third kappa shape index (κ3) is 3.82. The third-order valence-corrected chi connectivity index (χ3v) is 3.49. The minimum Gasteiger partial charge on any atom is -0.481 e. The molecule has 0 saturated carbocycles. The molecule has 1 N–H and O–H groups in total. The molecule has 1 aliphatic rings. The van der Waals surface area contributed by atoms with Crippen molar-refractivity contribution in [2.75, 3.05) is 19.6 Å². The molecule has 0 radical (unpaired) electrons. The van der Waals surface area contributed by atoms with Crippen LogP contribution in [0.1, 0.15) is 33.6 Å². The molecule has 1 unspecified atom stereocenters. The van der Waals surface area contributed by atoms with Crippen molar-refractivity contribution >= 4 is 5.97 Å². The zero-order valence-corrected chi connectivity index (χ0v) is 10.1. The predicted octanol–water partition coefficient (Wildman–Crippen LogP) is 2.08. The molecule has 0 spiro atoms. The topological polar surface area (TPSA) is 40.5 Å². The summed E-state index contributed by atoms with van der Waals surface area (Å²) in [5, 5.41) is 8.74. The summed E-state index contributed by atoms with van der Waals surface area (Å²) < 4.78 is 0. The van der Waals surface area contributed by atoms with Crippen LogP contribution in [0.25, 0.3) is 0 Å². The number of likely N-dealkylation sites (tertiary alicyclic amines) is 1. The second-order valence-corrected chi connectivity index (χ2v) is 5.09. The summed E-state index contributed by atoms with van der Waals surface area (Å²) in [6.07, 6.45) is 1.29. The van der Waals surface area contributed by atoms with Gasteiger partial charge in [-0.3, -0.25) is 4.79 Å². The number of carboxylic acid groups (broad SMARTS) is 1. The fraction of sp³-hybridized carbons (Fsp3) is 0.917. The molecule has 1 fully saturated rings. The van der Waals surface area contributed by atoms with Crippen molar-refractivity contribution in [3.8, 4) is 0 Å². The molecule has 1 saturated heterocycles. The molecular formula is C12H23NO2. The smallest absolute Gasteiger partial charge is 0.303 e. The Morgan fingerprint density at radius 3 is 2.47 bits per heavy atom. The van der Waals surface area contributed by atoms with Crippen LogP contribution in [0.2, 0.25) is 0 Å². The van der Waals surface area contributed by atoms with E-state index < -0.39 is 5.97 Å². The summed E-state index contributed by atoms with van der Waals surface area (Å²) in [4.78, 5) is 13.0. The van der Waals surface area contributed by atoms with Crippen LogP contribution >= 0.6 is 0 Å². The van der Waals surface area contributed by atoms with E-state index in [1.54, 1.807) is 0 Å². The summed E-state index contributed by atoms with van der Waals surface area (Å²) in [6.45, 7) is 9.88. The fourth-order valence-corrected chi connectivity index (χ4v) is 2.13. The SMILES string of the molecule is CCC(CC(=O)O)CN1CC(C(C)C)C1. The number of carbonyl (C=O) groups is 1. The van der Waals surface area contributed by atoms with Gasteiger partial charge in [-0.05, 0) is 17.8 Å². The van der Waals surface area contributed by atoms with Gasteiger partial charge in [0.05, 0.1) is 0 Å². The lowest BCUT2D eigenvalue weighted by Gasteiger charge is -2.43. The molecular weight excluding hydrogens is 190 g/mol. The van der Waals surface area contributed by atoms with Crippen LogP contribution in [-0.4, -0.2) is 35.6 Å². The first-order valence-corrected chi connectivity index (χ1v) is 5.97. The van der Waals surface area contributed by atoms with Gasteiger partial charge in [0.1, 0.15) is 0 Å². The molecule has 3 heteroatoms. The second-order valence-electron chi connectivity index (χ2n) is 5.09. The van der Waals surface area contributed by atoms with E-state index in [0.29, 0.717) is 12.3 Å². The maximum Gasteiger partial charge on any atom is 0.303 e. The van der Waals surface area contributed by atoms with Gasteiger partial charge < -0.3 is 10.0 Å². The second kappa shape index (κ2) is 5.50. The zero-order chi connectivity index (χ0) is 11.4. The Kier molecular flexibility index (Phi) is 4.58. The molecule has 0 aromatic carbocycles. The number of rotatable bonds is 6. The number of hydrogen-bond donors (Lipinski definition) is 1. The van der Waals surface area contributed by atoms with Gasteiger partial charge >= 0.3 is 5.97 Å². The predicted molar refractivity (Wildman–Crippen MR) is 60.8 cm³/mol. The van der Waals surface area contributed by atoms with Crippen molar-refractivity contribution in [1.29, 1.82) is 0 Å². The van der Waals surface area contributed by atoms with E-state index >= 15 is 0 Å². The van der Waals surface area contributed by atoms with E-state index in [1.807, 2.05) is 0 Å². The normalized spacial score (nSPS) is 20.3. The molecule has 15 heavy (non-hydrogen) atoms. The quantitative estimate of drug-likeness (QED) is 0.734. The third-order valence-electron chi connectivity index (χ3n) is 3.49. The average Bonchev–Trinajstić information content (AvgIpc) is 2.06. The first kappa shape index (κ1) is 12.5. The lowest BCUT2D eigenvalue weighted by Crippen LogP contribution is -2.50. The van der Waals surface area contributed by atoms with Gasteiger partial charge in [0.15, 0.2) is 0 Å². The van der Waals surface area contributed by atoms with Crippen molar-refractivity contribution in [3.63, 3.8) is 0 Å². The van der Waals surface area contributed by atoms with Crippen LogP contribution in [0.15, 0.2) is 0 Å². The summed E-state index contributed by atoms with van der Waals surface area (Å²) >= 11 is 0. The van der Waals surface area contributed by atoms with Crippen LogP contribution in [0.3, 0.4) is 0 Å². The number of aliphatic carboxylic acids is 1. The molecule has 1 rings (SSSR count). The van der Waals surface area contributed by atoms with Gasteiger partial charge in [0.25, 0.3) is 0 Å². The van der Waals surface area contributed by atoms with Gasteiger partial charge in [-0.15, -0.1) is 0 Å². The minimum atomic E-state index is -0.664. The summed E-state index contributed by atoms with van der Waals surface area (Å²) in [5.74, 6) is 1.26. The van der Waals surface area contributed by atoms with Gasteiger partial charge in [0, 0.05) is 26.1 Å². The largest absolute Gasteiger partial charge is 0.481 e. The van der Waals surface area contributed by atoms with E-state index in [9.17, 15) is 4.79 Å². The van der Waals surface area contributed by atoms with Gasteiger partial charge in [0.2, 0.25) is 0 Å². The highest BCUT2D eigenvalue weighted by atomic mass is 16.4. The Balaban J connectivity index is 2.21. The number of nitrogens with zero attached hydrogens (tertiary/aromatic N) is 1. The Morgan fingerprint density at radius 1 is 1.47 bits per heavy atom. The first-order valence-electron chi connectivity index (χ1n) is 5.97. The van der Waals surface area contributed by atoms with E-state index in [-0.39, 0.29) is 0 Å². The molecule has 0 aromatic heterocycles. The average molecular weight is 213 g/mol. The molecule has 0 aromatic rings. The van der Waals surface area contributed by atoms with Gasteiger partial charge in [-0.2, -0.15) is 0 Å². The molecule has 88 valence electrons. The Bertz CT molecular complexity index is 210. The Hall–Kier alpha value is -0.570. The zero-order valence-electron chi connectivity index (χ0n) is 10.1. The first-order chi connectivity index (χ1) is 7.02. The van der Waals surface area contributed by atoms with Crippen molar-refractivity contribution in [1.82, 2.24) is 4.90 Å². The standard InChI is InChI=1S/C12H23NO2/c1-4-10(5-12(14)15)6-13-7-11(8-13)9(2)3/h9-11H,4-8H2,1-3H3,(H,14,15). The van der Waals surface area contributed by atoms with Gasteiger partial charge in [-0.25, -0.2) is 0 Å². The van der Waals surface area contributed by atoms with E-state index in [1.165, 1.54) is 0 Å². The highest BCUT2D eigenvalue weighted by molar-refractivity contribution is 5.67. The highest BCUT2D eigenvalue weighted by Crippen LogP contribution is 2.25. The van der Waals surface area contributed by atoms with E-state index in [2.05, 4.69) is 25.7 Å². The molecule has 1 atom stereocenters. The van der Waals surface area contributed by atoms with Crippen molar-refractivity contribution in [2.24, 2.45) is 17.8 Å². The molecule has 1 heterocycles. The van der Waals surface area contributed by atoms with Crippen LogP contribution < -0.4 is 0 Å². The maximum atomic E-state index is 10.6. The van der Waals surface area contributed by atoms with E-state index in [0.717, 1.165) is 37.9 Å². The van der Waals surface area contributed by atoms with Crippen LogP contribution in [-0.2, 0) is 4.79 Å². The van der Waals surface area contributed by atoms with Gasteiger partial charge in [-0.1, -0.05) is 27.2 Å². The Morgan fingerprint density at radius 2 is 2.07 bits per heavy atom. The molecule has 3 nitrogen and oxygen atoms in total. The van der Waals surface area contributed by atoms with Crippen molar-refractivity contribution in [3.05, 3.63) is 0 Å². The molecule has 0 bridgehead atoms. The van der Waals surface area contributed by atoms with Crippen LogP contribution in [0.4, 0.5) is 0 Å². The lowest BCUT2D eigenvalue weighted by molar-refractivity contribution is -0.138. The molecule has 0 aliphatic carbocycles. The van der Waals surface area contributed by atoms with Crippen molar-refractivity contribution < 1.29 is 9.90 Å². The monoisotopic (exact) mass is 213 g/mol. The summed E-state index contributed by atoms with van der Waals surface area (Å²) in [5.41, 5.74) is 0. The molecule has 0 amide bonds. The Labute approximate surface area is 92.5 Å². The molecule has 1 aliphatic heterocycles. The van der Waals surface area contributed by atoms with Crippen LogP contribution in [0.5, 0.6) is 0 Å². The summed E-state index contributed by atoms with van der Waals surface area (Å²) in [6, 6.07) is 0. The lowest BCUT2D eigenvalue weighted by atomic mass is 9.87. The summed E-state index contributed by atoms with van der Waals surface area (Å²) in [7, 11) is 0. The number of carboxylic acids is 1. The van der Waals surface area contributed by atoms with E-state index in [4.69, 9.17) is 5.11 Å². The fourth-order valence-electron chi connectivity index (χ4n) is 2.13. The maximum absolute atomic E-state index is 10.6. The highest BCUT2D eigenvalue weighted by Gasteiger charge is 2.30.